The van der Waals surface area contributed by atoms with Crippen LogP contribution in [0.2, 0.25) is 5.02 Å². The molecular formula is C20H14ClNO3. The first kappa shape index (κ1) is 16.7. The van der Waals surface area contributed by atoms with Gasteiger partial charge in [0.05, 0.1) is 12.0 Å². The Labute approximate surface area is 149 Å². The molecule has 1 aromatic heterocycles. The number of nitrogens with one attached hydrogen (secondary N) is 1. The second kappa shape index (κ2) is 7.64. The van der Waals surface area contributed by atoms with Gasteiger partial charge in [-0.2, -0.15) is 0 Å². The van der Waals surface area contributed by atoms with Crippen LogP contribution in [0.5, 0.6) is 0 Å². The summed E-state index contributed by atoms with van der Waals surface area (Å²) in [6, 6.07) is 17.1. The van der Waals surface area contributed by atoms with E-state index in [1.54, 1.807) is 60.7 Å². The van der Waals surface area contributed by atoms with E-state index >= 15 is 0 Å². The molecule has 0 fully saturated rings. The van der Waals surface area contributed by atoms with Crippen molar-refractivity contribution < 1.29 is 14.0 Å². The molecule has 3 rings (SSSR count). The van der Waals surface area contributed by atoms with Gasteiger partial charge in [0, 0.05) is 22.2 Å². The number of rotatable bonds is 5. The summed E-state index contributed by atoms with van der Waals surface area (Å²) in [4.78, 5) is 24.8. The Bertz CT molecular complexity index is 915. The lowest BCUT2D eigenvalue weighted by Crippen LogP contribution is -2.12. The first-order chi connectivity index (χ1) is 12.1. The summed E-state index contributed by atoms with van der Waals surface area (Å²) < 4.78 is 5.13. The fraction of sp³-hybridized carbons (Fsp3) is 0. The SMILES string of the molecule is O=C(C=Cc1ccco1)Nc1ccc(Cl)cc1C(=O)c1ccccc1. The predicted octanol–water partition coefficient (Wildman–Crippen LogP) is 4.82. The molecule has 2 aromatic carbocycles. The minimum absolute atomic E-state index is 0.214. The largest absolute Gasteiger partial charge is 0.465 e. The first-order valence-corrected chi connectivity index (χ1v) is 7.93. The van der Waals surface area contributed by atoms with E-state index in [4.69, 9.17) is 16.0 Å². The Hall–Kier alpha value is -3.11. The summed E-state index contributed by atoms with van der Waals surface area (Å²) >= 11 is 6.02. The maximum absolute atomic E-state index is 12.7. The van der Waals surface area contributed by atoms with Gasteiger partial charge in [-0.15, -0.1) is 0 Å². The van der Waals surface area contributed by atoms with Crippen molar-refractivity contribution >= 4 is 35.1 Å². The van der Waals surface area contributed by atoms with E-state index in [0.29, 0.717) is 27.6 Å². The summed E-state index contributed by atoms with van der Waals surface area (Å²) in [6.45, 7) is 0. The van der Waals surface area contributed by atoms with Crippen LogP contribution in [0.25, 0.3) is 6.08 Å². The average molecular weight is 352 g/mol. The molecule has 0 aliphatic heterocycles. The first-order valence-electron chi connectivity index (χ1n) is 7.55. The molecule has 0 atom stereocenters. The maximum atomic E-state index is 12.7. The van der Waals surface area contributed by atoms with Crippen LogP contribution in [0.3, 0.4) is 0 Å². The van der Waals surface area contributed by atoms with Gasteiger partial charge in [0.25, 0.3) is 0 Å². The lowest BCUT2D eigenvalue weighted by Gasteiger charge is -2.10. The van der Waals surface area contributed by atoms with Crippen molar-refractivity contribution in [1.29, 1.82) is 0 Å². The van der Waals surface area contributed by atoms with Crippen molar-refractivity contribution in [3.8, 4) is 0 Å². The molecule has 4 nitrogen and oxygen atoms in total. The number of carbonyl (C=O) groups excluding carboxylic acids is 2. The molecule has 3 aromatic rings. The molecule has 0 saturated carbocycles. The molecule has 5 heteroatoms. The third-order valence-electron chi connectivity index (χ3n) is 3.46. The van der Waals surface area contributed by atoms with Gasteiger partial charge in [0.1, 0.15) is 5.76 Å². The molecule has 0 saturated heterocycles. The van der Waals surface area contributed by atoms with Gasteiger partial charge in [0.15, 0.2) is 5.78 Å². The highest BCUT2D eigenvalue weighted by Crippen LogP contribution is 2.24. The van der Waals surface area contributed by atoms with Crippen molar-refractivity contribution in [2.75, 3.05) is 5.32 Å². The van der Waals surface area contributed by atoms with E-state index in [0.717, 1.165) is 0 Å². The summed E-state index contributed by atoms with van der Waals surface area (Å²) in [5, 5.41) is 3.12. The normalized spacial score (nSPS) is 10.8. The van der Waals surface area contributed by atoms with Gasteiger partial charge in [-0.05, 0) is 36.4 Å². The zero-order chi connectivity index (χ0) is 17.6. The molecule has 0 radical (unpaired) electrons. The Balaban J connectivity index is 1.84. The smallest absolute Gasteiger partial charge is 0.248 e. The minimum atomic E-state index is -0.374. The number of hydrogen-bond donors (Lipinski definition) is 1. The van der Waals surface area contributed by atoms with E-state index < -0.39 is 0 Å². The van der Waals surface area contributed by atoms with Gasteiger partial charge in [-0.25, -0.2) is 0 Å². The van der Waals surface area contributed by atoms with E-state index in [-0.39, 0.29) is 11.7 Å². The van der Waals surface area contributed by atoms with Crippen molar-refractivity contribution in [2.24, 2.45) is 0 Å². The van der Waals surface area contributed by atoms with Crippen LogP contribution < -0.4 is 5.32 Å². The van der Waals surface area contributed by atoms with Gasteiger partial charge < -0.3 is 9.73 Å². The molecule has 0 bridgehead atoms. The minimum Gasteiger partial charge on any atom is -0.465 e. The molecule has 0 aliphatic carbocycles. The van der Waals surface area contributed by atoms with Crippen LogP contribution >= 0.6 is 11.6 Å². The molecular weight excluding hydrogens is 338 g/mol. The quantitative estimate of drug-likeness (QED) is 0.529. The Morgan fingerprint density at radius 3 is 2.52 bits per heavy atom. The van der Waals surface area contributed by atoms with Crippen molar-refractivity contribution in [2.45, 2.75) is 0 Å². The van der Waals surface area contributed by atoms with Crippen LogP contribution in [0, 0.1) is 0 Å². The number of ketones is 1. The lowest BCUT2D eigenvalue weighted by atomic mass is 10.0. The average Bonchev–Trinajstić information content (AvgIpc) is 3.15. The van der Waals surface area contributed by atoms with E-state index in [1.165, 1.54) is 12.3 Å². The third kappa shape index (κ3) is 4.25. The van der Waals surface area contributed by atoms with E-state index in [1.807, 2.05) is 6.07 Å². The highest BCUT2D eigenvalue weighted by Gasteiger charge is 2.15. The van der Waals surface area contributed by atoms with Crippen molar-refractivity contribution in [3.05, 3.63) is 94.9 Å². The fourth-order valence-corrected chi connectivity index (χ4v) is 2.45. The molecule has 1 heterocycles. The van der Waals surface area contributed by atoms with Gasteiger partial charge in [-0.3, -0.25) is 9.59 Å². The number of anilines is 1. The van der Waals surface area contributed by atoms with E-state index in [9.17, 15) is 9.59 Å². The zero-order valence-electron chi connectivity index (χ0n) is 13.1. The second-order valence-corrected chi connectivity index (χ2v) is 5.66. The Kier molecular flexibility index (Phi) is 5.11. The van der Waals surface area contributed by atoms with Crippen LogP contribution in [-0.4, -0.2) is 11.7 Å². The monoisotopic (exact) mass is 351 g/mol. The van der Waals surface area contributed by atoms with Crippen molar-refractivity contribution in [3.63, 3.8) is 0 Å². The predicted molar refractivity (Wildman–Crippen MR) is 97.7 cm³/mol. The van der Waals surface area contributed by atoms with Gasteiger partial charge in [0.2, 0.25) is 5.91 Å². The van der Waals surface area contributed by atoms with Crippen LogP contribution in [0.1, 0.15) is 21.7 Å². The summed E-state index contributed by atoms with van der Waals surface area (Å²) in [6.07, 6.45) is 4.40. The van der Waals surface area contributed by atoms with Crippen molar-refractivity contribution in [1.82, 2.24) is 0 Å². The zero-order valence-corrected chi connectivity index (χ0v) is 13.9. The number of benzene rings is 2. The maximum Gasteiger partial charge on any atom is 0.248 e. The molecule has 0 spiro atoms. The highest BCUT2D eigenvalue weighted by molar-refractivity contribution is 6.31. The highest BCUT2D eigenvalue weighted by atomic mass is 35.5. The lowest BCUT2D eigenvalue weighted by molar-refractivity contribution is -0.111. The van der Waals surface area contributed by atoms with Gasteiger partial charge >= 0.3 is 0 Å². The summed E-state index contributed by atoms with van der Waals surface area (Å²) in [7, 11) is 0. The number of carbonyl (C=O) groups is 2. The standard InChI is InChI=1S/C20H14ClNO3/c21-15-8-10-18(22-19(23)11-9-16-7-4-12-25-16)17(13-15)20(24)14-5-2-1-3-6-14/h1-13H,(H,22,23). The Morgan fingerprint density at radius 1 is 1.00 bits per heavy atom. The summed E-state index contributed by atoms with van der Waals surface area (Å²) in [5.74, 6) is -0.0268. The molecule has 1 N–H and O–H groups in total. The second-order valence-electron chi connectivity index (χ2n) is 5.22. The molecule has 1 amide bonds. The summed E-state index contributed by atoms with van der Waals surface area (Å²) in [5.41, 5.74) is 1.25. The number of furan rings is 1. The topological polar surface area (TPSA) is 59.3 Å². The molecule has 0 unspecified atom stereocenters. The van der Waals surface area contributed by atoms with E-state index in [2.05, 4.69) is 5.32 Å². The number of halogens is 1. The van der Waals surface area contributed by atoms with Crippen LogP contribution in [-0.2, 0) is 4.79 Å². The number of amides is 1. The van der Waals surface area contributed by atoms with Crippen LogP contribution in [0.15, 0.2) is 77.4 Å². The van der Waals surface area contributed by atoms with Gasteiger partial charge in [-0.1, -0.05) is 41.9 Å². The molecule has 124 valence electrons. The molecule has 25 heavy (non-hydrogen) atoms. The Morgan fingerprint density at radius 2 is 1.80 bits per heavy atom. The fourth-order valence-electron chi connectivity index (χ4n) is 2.28. The van der Waals surface area contributed by atoms with Crippen LogP contribution in [0.4, 0.5) is 5.69 Å². The third-order valence-corrected chi connectivity index (χ3v) is 3.70. The number of hydrogen-bond acceptors (Lipinski definition) is 3. The molecule has 0 aliphatic rings.